The lowest BCUT2D eigenvalue weighted by Crippen LogP contribution is -2.42. The van der Waals surface area contributed by atoms with Crippen molar-refractivity contribution < 1.29 is 13.2 Å². The number of sulfonamides is 1. The lowest BCUT2D eigenvalue weighted by atomic mass is 10.2. The highest BCUT2D eigenvalue weighted by molar-refractivity contribution is 7.89. The van der Waals surface area contributed by atoms with Crippen LogP contribution in [0.5, 0.6) is 0 Å². The molecular formula is C14H22N4O3S. The van der Waals surface area contributed by atoms with E-state index in [4.69, 9.17) is 10.5 Å². The van der Waals surface area contributed by atoms with Crippen molar-refractivity contribution in [2.24, 2.45) is 10.7 Å². The number of nitrogens with two attached hydrogens (primary N) is 1. The van der Waals surface area contributed by atoms with E-state index < -0.39 is 10.0 Å². The maximum atomic E-state index is 12.1. The summed E-state index contributed by atoms with van der Waals surface area (Å²) in [6, 6.07) is 7.70. The highest BCUT2D eigenvalue weighted by atomic mass is 32.2. The highest BCUT2D eigenvalue weighted by Crippen LogP contribution is 2.08. The number of rotatable bonds is 5. The predicted octanol–water partition coefficient (Wildman–Crippen LogP) is 0.384. The Balaban J connectivity index is 1.84. The second-order valence-corrected chi connectivity index (χ2v) is 7.17. The third-order valence-electron chi connectivity index (χ3n) is 3.32. The van der Waals surface area contributed by atoms with Crippen molar-refractivity contribution in [3.63, 3.8) is 0 Å². The number of guanidine groups is 1. The van der Waals surface area contributed by atoms with Crippen molar-refractivity contribution in [3.8, 4) is 0 Å². The van der Waals surface area contributed by atoms with Gasteiger partial charge in [0.15, 0.2) is 5.96 Å². The van der Waals surface area contributed by atoms with Crippen LogP contribution < -0.4 is 11.1 Å². The van der Waals surface area contributed by atoms with Crippen LogP contribution in [0.15, 0.2) is 29.3 Å². The number of ether oxygens (including phenoxy) is 1. The van der Waals surface area contributed by atoms with Crippen LogP contribution in [0, 0.1) is 6.92 Å². The van der Waals surface area contributed by atoms with Gasteiger partial charge in [-0.25, -0.2) is 8.42 Å². The first kappa shape index (κ1) is 16.7. The van der Waals surface area contributed by atoms with Gasteiger partial charge in [0, 0.05) is 18.8 Å². The third kappa shape index (κ3) is 4.97. The number of aliphatic imine (C=N–C) groups is 1. The second kappa shape index (κ2) is 7.57. The van der Waals surface area contributed by atoms with Gasteiger partial charge in [0.2, 0.25) is 10.0 Å². The Labute approximate surface area is 131 Å². The van der Waals surface area contributed by atoms with Crippen LogP contribution in [0.3, 0.4) is 0 Å². The summed E-state index contributed by atoms with van der Waals surface area (Å²) < 4.78 is 30.8. The van der Waals surface area contributed by atoms with Gasteiger partial charge in [-0.15, -0.1) is 0 Å². The highest BCUT2D eigenvalue weighted by Gasteiger charge is 2.23. The number of morpholine rings is 1. The van der Waals surface area contributed by atoms with E-state index in [9.17, 15) is 8.42 Å². The lowest BCUT2D eigenvalue weighted by molar-refractivity contribution is 0.0731. The Morgan fingerprint density at radius 3 is 2.59 bits per heavy atom. The van der Waals surface area contributed by atoms with Crippen LogP contribution in [0.2, 0.25) is 0 Å². The number of aryl methyl sites for hydroxylation is 1. The molecule has 8 heteroatoms. The molecular weight excluding hydrogens is 304 g/mol. The fraction of sp³-hybridized carbons (Fsp3) is 0.500. The standard InChI is InChI=1S/C14H22N4O3S/c1-12-2-4-13(5-3-12)17-14(15)16-6-11-22(19,20)18-7-9-21-10-8-18/h2-5H,6-11H2,1H3,(H3,15,16,17). The summed E-state index contributed by atoms with van der Waals surface area (Å²) in [5.41, 5.74) is 7.73. The number of nitrogens with one attached hydrogen (secondary N) is 1. The molecule has 0 bridgehead atoms. The second-order valence-electron chi connectivity index (χ2n) is 5.09. The summed E-state index contributed by atoms with van der Waals surface area (Å²) in [5.74, 6) is 0.157. The van der Waals surface area contributed by atoms with Crippen molar-refractivity contribution >= 4 is 21.7 Å². The largest absolute Gasteiger partial charge is 0.379 e. The first-order chi connectivity index (χ1) is 10.5. The summed E-state index contributed by atoms with van der Waals surface area (Å²) in [6.45, 7) is 3.83. The van der Waals surface area contributed by atoms with E-state index in [-0.39, 0.29) is 18.3 Å². The van der Waals surface area contributed by atoms with Gasteiger partial charge in [-0.3, -0.25) is 4.99 Å². The SMILES string of the molecule is Cc1ccc(NC(N)=NCCS(=O)(=O)N2CCOCC2)cc1. The summed E-state index contributed by atoms with van der Waals surface area (Å²) >= 11 is 0. The smallest absolute Gasteiger partial charge is 0.216 e. The van der Waals surface area contributed by atoms with E-state index in [2.05, 4.69) is 10.3 Å². The summed E-state index contributed by atoms with van der Waals surface area (Å²) in [6.07, 6.45) is 0. The minimum atomic E-state index is -3.29. The van der Waals surface area contributed by atoms with Gasteiger partial charge in [0.1, 0.15) is 0 Å². The van der Waals surface area contributed by atoms with E-state index in [1.54, 1.807) is 0 Å². The molecule has 1 fully saturated rings. The first-order valence-electron chi connectivity index (χ1n) is 7.16. The van der Waals surface area contributed by atoms with Crippen LogP contribution in [0.25, 0.3) is 0 Å². The average molecular weight is 326 g/mol. The molecule has 0 amide bonds. The normalized spacial score (nSPS) is 17.4. The molecule has 3 N–H and O–H groups in total. The number of anilines is 1. The van der Waals surface area contributed by atoms with Crippen LogP contribution in [-0.4, -0.2) is 57.3 Å². The zero-order chi connectivity index (χ0) is 16.0. The maximum absolute atomic E-state index is 12.1. The third-order valence-corrected chi connectivity index (χ3v) is 5.17. The van der Waals surface area contributed by atoms with Crippen molar-refractivity contribution in [1.29, 1.82) is 0 Å². The molecule has 0 aromatic heterocycles. The van der Waals surface area contributed by atoms with Gasteiger partial charge in [-0.05, 0) is 19.1 Å². The van der Waals surface area contributed by atoms with Crippen molar-refractivity contribution in [2.75, 3.05) is 43.9 Å². The molecule has 0 unspecified atom stereocenters. The molecule has 22 heavy (non-hydrogen) atoms. The minimum Gasteiger partial charge on any atom is -0.379 e. The van der Waals surface area contributed by atoms with E-state index in [0.717, 1.165) is 11.3 Å². The van der Waals surface area contributed by atoms with Crippen molar-refractivity contribution in [3.05, 3.63) is 29.8 Å². The van der Waals surface area contributed by atoms with E-state index in [1.807, 2.05) is 31.2 Å². The van der Waals surface area contributed by atoms with Crippen LogP contribution in [-0.2, 0) is 14.8 Å². The lowest BCUT2D eigenvalue weighted by Gasteiger charge is -2.25. The monoisotopic (exact) mass is 326 g/mol. The molecule has 1 saturated heterocycles. The molecule has 1 aromatic carbocycles. The summed E-state index contributed by atoms with van der Waals surface area (Å²) in [7, 11) is -3.29. The summed E-state index contributed by atoms with van der Waals surface area (Å²) in [5, 5.41) is 2.93. The van der Waals surface area contributed by atoms with Gasteiger partial charge in [0.05, 0.1) is 25.5 Å². The van der Waals surface area contributed by atoms with Crippen molar-refractivity contribution in [2.45, 2.75) is 6.92 Å². The van der Waals surface area contributed by atoms with Gasteiger partial charge >= 0.3 is 0 Å². The molecule has 2 rings (SSSR count). The molecule has 1 aromatic rings. The van der Waals surface area contributed by atoms with Crippen LogP contribution in [0.4, 0.5) is 5.69 Å². The topological polar surface area (TPSA) is 97.0 Å². The molecule has 1 heterocycles. The molecule has 1 aliphatic heterocycles. The molecule has 0 radical (unpaired) electrons. The number of benzene rings is 1. The number of hydrogen-bond donors (Lipinski definition) is 2. The number of hydrogen-bond acceptors (Lipinski definition) is 4. The molecule has 1 aliphatic rings. The zero-order valence-corrected chi connectivity index (χ0v) is 13.5. The van der Waals surface area contributed by atoms with E-state index in [1.165, 1.54) is 4.31 Å². The Morgan fingerprint density at radius 2 is 1.95 bits per heavy atom. The quantitative estimate of drug-likeness (QED) is 0.602. The molecule has 0 saturated carbocycles. The number of nitrogens with zero attached hydrogens (tertiary/aromatic N) is 2. The molecule has 0 spiro atoms. The van der Waals surface area contributed by atoms with Crippen LogP contribution in [0.1, 0.15) is 5.56 Å². The van der Waals surface area contributed by atoms with Gasteiger partial charge in [-0.2, -0.15) is 4.31 Å². The Kier molecular flexibility index (Phi) is 5.76. The molecule has 7 nitrogen and oxygen atoms in total. The Morgan fingerprint density at radius 1 is 1.32 bits per heavy atom. The van der Waals surface area contributed by atoms with Crippen LogP contribution >= 0.6 is 0 Å². The molecule has 0 aliphatic carbocycles. The van der Waals surface area contributed by atoms with E-state index in [0.29, 0.717) is 26.3 Å². The van der Waals surface area contributed by atoms with Crippen molar-refractivity contribution in [1.82, 2.24) is 4.31 Å². The fourth-order valence-electron chi connectivity index (χ4n) is 2.06. The minimum absolute atomic E-state index is 0.0523. The maximum Gasteiger partial charge on any atom is 0.216 e. The van der Waals surface area contributed by atoms with Gasteiger partial charge in [-0.1, -0.05) is 17.7 Å². The molecule has 0 atom stereocenters. The predicted molar refractivity (Wildman–Crippen MR) is 87.5 cm³/mol. The van der Waals surface area contributed by atoms with Gasteiger partial charge < -0.3 is 15.8 Å². The Bertz CT molecular complexity index is 607. The Hall–Kier alpha value is -1.64. The first-order valence-corrected chi connectivity index (χ1v) is 8.77. The van der Waals surface area contributed by atoms with Gasteiger partial charge in [0.25, 0.3) is 0 Å². The fourth-order valence-corrected chi connectivity index (χ4v) is 3.35. The zero-order valence-electron chi connectivity index (χ0n) is 12.7. The summed E-state index contributed by atoms with van der Waals surface area (Å²) in [4.78, 5) is 4.07. The van der Waals surface area contributed by atoms with E-state index >= 15 is 0 Å². The average Bonchev–Trinajstić information content (AvgIpc) is 2.50. The molecule has 122 valence electrons.